The van der Waals surface area contributed by atoms with Crippen molar-refractivity contribution in [2.75, 3.05) is 0 Å². The van der Waals surface area contributed by atoms with E-state index in [2.05, 4.69) is 48.2 Å². The van der Waals surface area contributed by atoms with Gasteiger partial charge in [-0.05, 0) is 37.5 Å². The number of amides is 1. The molecule has 4 heteroatoms. The lowest BCUT2D eigenvalue weighted by Gasteiger charge is -2.11. The molecule has 1 atom stereocenters. The summed E-state index contributed by atoms with van der Waals surface area (Å²) in [4.78, 5) is 19.7. The van der Waals surface area contributed by atoms with Crippen molar-refractivity contribution in [3.05, 3.63) is 29.6 Å². The van der Waals surface area contributed by atoms with E-state index >= 15 is 0 Å². The van der Waals surface area contributed by atoms with Gasteiger partial charge in [0.05, 0.1) is 11.0 Å². The molecule has 0 unspecified atom stereocenters. The first-order chi connectivity index (χ1) is 9.99. The molecule has 1 aromatic carbocycles. The standard InChI is InChI=1S/C17H25N3O/c1-5-12(4)18-16(21)9-7-13-6-8-14-15(10-13)20-17(19-14)11(2)3/h6,8,10-12H,5,7,9H2,1-4H3,(H,18,21)(H,19,20)/t12-/m1/s1. The summed E-state index contributed by atoms with van der Waals surface area (Å²) >= 11 is 0. The number of aryl methyl sites for hydroxylation is 1. The van der Waals surface area contributed by atoms with Crippen molar-refractivity contribution in [2.45, 2.75) is 58.9 Å². The number of carbonyl (C=O) groups excluding carboxylic acids is 1. The minimum absolute atomic E-state index is 0.122. The number of nitrogens with one attached hydrogen (secondary N) is 2. The number of aromatic amines is 1. The van der Waals surface area contributed by atoms with Crippen LogP contribution in [0.25, 0.3) is 11.0 Å². The van der Waals surface area contributed by atoms with Gasteiger partial charge in [-0.15, -0.1) is 0 Å². The highest BCUT2D eigenvalue weighted by Crippen LogP contribution is 2.19. The highest BCUT2D eigenvalue weighted by molar-refractivity contribution is 5.78. The highest BCUT2D eigenvalue weighted by Gasteiger charge is 2.09. The molecule has 1 amide bonds. The predicted molar refractivity (Wildman–Crippen MR) is 86.4 cm³/mol. The van der Waals surface area contributed by atoms with Crippen molar-refractivity contribution in [1.82, 2.24) is 15.3 Å². The smallest absolute Gasteiger partial charge is 0.220 e. The van der Waals surface area contributed by atoms with E-state index in [-0.39, 0.29) is 11.9 Å². The Labute approximate surface area is 126 Å². The number of rotatable bonds is 6. The van der Waals surface area contributed by atoms with Crippen LogP contribution in [0.4, 0.5) is 0 Å². The van der Waals surface area contributed by atoms with E-state index in [4.69, 9.17) is 0 Å². The van der Waals surface area contributed by atoms with Gasteiger partial charge in [0.1, 0.15) is 5.82 Å². The first kappa shape index (κ1) is 15.5. The van der Waals surface area contributed by atoms with E-state index in [1.54, 1.807) is 0 Å². The van der Waals surface area contributed by atoms with Gasteiger partial charge in [0, 0.05) is 18.4 Å². The fourth-order valence-electron chi connectivity index (χ4n) is 2.21. The van der Waals surface area contributed by atoms with Crippen LogP contribution in [0, 0.1) is 0 Å². The number of nitrogens with zero attached hydrogens (tertiary/aromatic N) is 1. The molecule has 0 aliphatic heterocycles. The Morgan fingerprint density at radius 1 is 1.33 bits per heavy atom. The average Bonchev–Trinajstić information content (AvgIpc) is 2.88. The van der Waals surface area contributed by atoms with Gasteiger partial charge < -0.3 is 10.3 Å². The number of hydrogen-bond donors (Lipinski definition) is 2. The van der Waals surface area contributed by atoms with Crippen molar-refractivity contribution in [3.63, 3.8) is 0 Å². The maximum absolute atomic E-state index is 11.8. The fourth-order valence-corrected chi connectivity index (χ4v) is 2.21. The maximum Gasteiger partial charge on any atom is 0.220 e. The van der Waals surface area contributed by atoms with E-state index in [0.29, 0.717) is 12.3 Å². The van der Waals surface area contributed by atoms with E-state index in [1.807, 2.05) is 13.0 Å². The van der Waals surface area contributed by atoms with Crippen LogP contribution in [-0.4, -0.2) is 21.9 Å². The predicted octanol–water partition coefficient (Wildman–Crippen LogP) is 3.53. The first-order valence-corrected chi connectivity index (χ1v) is 7.77. The third kappa shape index (κ3) is 4.06. The van der Waals surface area contributed by atoms with E-state index in [9.17, 15) is 4.79 Å². The van der Waals surface area contributed by atoms with Gasteiger partial charge >= 0.3 is 0 Å². The second-order valence-corrected chi connectivity index (χ2v) is 6.01. The third-order valence-electron chi connectivity index (χ3n) is 3.77. The molecule has 1 aromatic heterocycles. The zero-order valence-electron chi connectivity index (χ0n) is 13.4. The Balaban J connectivity index is 2.01. The quantitative estimate of drug-likeness (QED) is 0.854. The average molecular weight is 287 g/mol. The van der Waals surface area contributed by atoms with Crippen molar-refractivity contribution in [2.24, 2.45) is 0 Å². The summed E-state index contributed by atoms with van der Waals surface area (Å²) in [5.41, 5.74) is 3.21. The van der Waals surface area contributed by atoms with Crippen LogP contribution in [0.2, 0.25) is 0 Å². The van der Waals surface area contributed by atoms with Crippen LogP contribution in [0.5, 0.6) is 0 Å². The topological polar surface area (TPSA) is 57.8 Å². The highest BCUT2D eigenvalue weighted by atomic mass is 16.1. The molecule has 21 heavy (non-hydrogen) atoms. The molecule has 0 radical (unpaired) electrons. The molecule has 0 spiro atoms. The largest absolute Gasteiger partial charge is 0.354 e. The second-order valence-electron chi connectivity index (χ2n) is 6.01. The zero-order valence-corrected chi connectivity index (χ0v) is 13.4. The van der Waals surface area contributed by atoms with Gasteiger partial charge in [0.25, 0.3) is 0 Å². The van der Waals surface area contributed by atoms with Crippen LogP contribution >= 0.6 is 0 Å². The van der Waals surface area contributed by atoms with Gasteiger partial charge in [-0.3, -0.25) is 4.79 Å². The van der Waals surface area contributed by atoms with Crippen molar-refractivity contribution >= 4 is 16.9 Å². The molecule has 0 aliphatic carbocycles. The Bertz CT molecular complexity index is 616. The number of hydrogen-bond acceptors (Lipinski definition) is 2. The minimum atomic E-state index is 0.122. The molecule has 0 bridgehead atoms. The van der Waals surface area contributed by atoms with Gasteiger partial charge in [-0.2, -0.15) is 0 Å². The number of carbonyl (C=O) groups is 1. The molecule has 2 N–H and O–H groups in total. The summed E-state index contributed by atoms with van der Waals surface area (Å²) < 4.78 is 0. The lowest BCUT2D eigenvalue weighted by Crippen LogP contribution is -2.31. The Hall–Kier alpha value is -1.84. The van der Waals surface area contributed by atoms with Gasteiger partial charge in [0.2, 0.25) is 5.91 Å². The zero-order chi connectivity index (χ0) is 15.4. The molecule has 2 rings (SSSR count). The second kappa shape index (κ2) is 6.74. The molecule has 1 heterocycles. The summed E-state index contributed by atoms with van der Waals surface area (Å²) in [5.74, 6) is 1.52. The van der Waals surface area contributed by atoms with Gasteiger partial charge in [-0.1, -0.05) is 26.8 Å². The fraction of sp³-hybridized carbons (Fsp3) is 0.529. The Morgan fingerprint density at radius 3 is 2.76 bits per heavy atom. The number of H-pyrrole nitrogens is 1. The van der Waals surface area contributed by atoms with Crippen LogP contribution in [0.1, 0.15) is 57.8 Å². The van der Waals surface area contributed by atoms with Gasteiger partial charge in [-0.25, -0.2) is 4.98 Å². The normalized spacial score (nSPS) is 12.8. The number of imidazole rings is 1. The number of fused-ring (bicyclic) bond motifs is 1. The van der Waals surface area contributed by atoms with Crippen LogP contribution in [-0.2, 0) is 11.2 Å². The van der Waals surface area contributed by atoms with Crippen molar-refractivity contribution < 1.29 is 4.79 Å². The van der Waals surface area contributed by atoms with Crippen LogP contribution in [0.3, 0.4) is 0 Å². The molecular formula is C17H25N3O. The SMILES string of the molecule is CC[C@@H](C)NC(=O)CCc1ccc2nc(C(C)C)[nH]c2c1. The molecule has 2 aromatic rings. The lowest BCUT2D eigenvalue weighted by molar-refractivity contribution is -0.121. The molecule has 0 saturated heterocycles. The van der Waals surface area contributed by atoms with Crippen molar-refractivity contribution in [3.8, 4) is 0 Å². The molecule has 0 fully saturated rings. The molecular weight excluding hydrogens is 262 g/mol. The van der Waals surface area contributed by atoms with Gasteiger partial charge in [0.15, 0.2) is 0 Å². The summed E-state index contributed by atoms with van der Waals surface area (Å²) in [6.45, 7) is 8.35. The number of aromatic nitrogens is 2. The summed E-state index contributed by atoms with van der Waals surface area (Å²) in [7, 11) is 0. The molecule has 114 valence electrons. The van der Waals surface area contributed by atoms with E-state index in [1.165, 1.54) is 5.56 Å². The van der Waals surface area contributed by atoms with E-state index < -0.39 is 0 Å². The summed E-state index contributed by atoms with van der Waals surface area (Å²) in [5, 5.41) is 3.00. The van der Waals surface area contributed by atoms with E-state index in [0.717, 1.165) is 29.7 Å². The summed E-state index contributed by atoms with van der Waals surface area (Å²) in [6, 6.07) is 6.44. The summed E-state index contributed by atoms with van der Waals surface area (Å²) in [6.07, 6.45) is 2.25. The Kier molecular flexibility index (Phi) is 4.99. The third-order valence-corrected chi connectivity index (χ3v) is 3.77. The van der Waals surface area contributed by atoms with Crippen LogP contribution < -0.4 is 5.32 Å². The number of benzene rings is 1. The monoisotopic (exact) mass is 287 g/mol. The first-order valence-electron chi connectivity index (χ1n) is 7.77. The lowest BCUT2D eigenvalue weighted by atomic mass is 10.1. The molecule has 4 nitrogen and oxygen atoms in total. The molecule has 0 aliphatic rings. The minimum Gasteiger partial charge on any atom is -0.354 e. The van der Waals surface area contributed by atoms with Crippen molar-refractivity contribution in [1.29, 1.82) is 0 Å². The maximum atomic E-state index is 11.8. The molecule has 0 saturated carbocycles. The van der Waals surface area contributed by atoms with Crippen LogP contribution in [0.15, 0.2) is 18.2 Å². The Morgan fingerprint density at radius 2 is 2.10 bits per heavy atom.